The maximum absolute atomic E-state index is 12.9. The van der Waals surface area contributed by atoms with Crippen molar-refractivity contribution in [3.63, 3.8) is 0 Å². The lowest BCUT2D eigenvalue weighted by molar-refractivity contribution is -0.122. The van der Waals surface area contributed by atoms with Crippen molar-refractivity contribution in [2.24, 2.45) is 5.73 Å². The number of nitrogens with one attached hydrogen (secondary N) is 1. The van der Waals surface area contributed by atoms with Crippen LogP contribution >= 0.6 is 11.3 Å². The van der Waals surface area contributed by atoms with Crippen LogP contribution in [-0.2, 0) is 11.2 Å². The molecule has 0 aliphatic carbocycles. The Labute approximate surface area is 117 Å². The van der Waals surface area contributed by atoms with Crippen LogP contribution in [0.15, 0.2) is 28.2 Å². The third-order valence-electron chi connectivity index (χ3n) is 2.47. The zero-order chi connectivity index (χ0) is 14.6. The number of carbonyl (C=O) groups excluding carboxylic acids is 1. The van der Waals surface area contributed by atoms with Crippen molar-refractivity contribution in [1.82, 2.24) is 10.3 Å². The maximum atomic E-state index is 12.9. The number of rotatable bonds is 6. The molecule has 0 atom stereocenters. The number of hydrogen-bond acceptors (Lipinski definition) is 5. The van der Waals surface area contributed by atoms with Crippen LogP contribution in [0.1, 0.15) is 5.69 Å². The molecule has 0 unspecified atom stereocenters. The summed E-state index contributed by atoms with van der Waals surface area (Å²) in [6.07, 6.45) is 1.23. The van der Waals surface area contributed by atoms with Gasteiger partial charge in [0, 0.05) is 0 Å². The molecule has 2 aromatic heterocycles. The molecule has 0 saturated carbocycles. The van der Waals surface area contributed by atoms with Crippen molar-refractivity contribution >= 4 is 17.2 Å². The smallest absolute Gasteiger partial charge is 0.277 e. The summed E-state index contributed by atoms with van der Waals surface area (Å²) in [5.41, 5.74) is 5.27. The van der Waals surface area contributed by atoms with Crippen LogP contribution in [0.4, 0.5) is 8.78 Å². The SMILES string of the molecule is NCC(F)(F)CNC(=O)Cc1coc(-c2cccs2)n1. The number of nitrogens with zero attached hydrogens (tertiary/aromatic N) is 1. The minimum Gasteiger partial charge on any atom is -0.444 e. The molecule has 0 aromatic carbocycles. The Balaban J connectivity index is 1.89. The minimum atomic E-state index is -3.10. The molecular weight excluding hydrogens is 288 g/mol. The molecule has 0 bridgehead atoms. The van der Waals surface area contributed by atoms with E-state index in [9.17, 15) is 13.6 Å². The fourth-order valence-electron chi connectivity index (χ4n) is 1.43. The third kappa shape index (κ3) is 3.84. The van der Waals surface area contributed by atoms with Gasteiger partial charge in [-0.2, -0.15) is 0 Å². The lowest BCUT2D eigenvalue weighted by atomic mass is 10.3. The van der Waals surface area contributed by atoms with Gasteiger partial charge in [-0.05, 0) is 11.4 Å². The molecule has 2 aromatic rings. The maximum Gasteiger partial charge on any atom is 0.277 e. The molecular formula is C12H13F2N3O2S. The van der Waals surface area contributed by atoms with Crippen molar-refractivity contribution in [3.8, 4) is 10.8 Å². The van der Waals surface area contributed by atoms with Gasteiger partial charge in [-0.3, -0.25) is 4.79 Å². The average molecular weight is 301 g/mol. The third-order valence-corrected chi connectivity index (χ3v) is 3.33. The summed E-state index contributed by atoms with van der Waals surface area (Å²) >= 11 is 1.45. The standard InChI is InChI=1S/C12H13F2N3O2S/c13-12(14,6-15)7-16-10(18)4-8-5-19-11(17-8)9-2-1-3-20-9/h1-3,5H,4,6-7,15H2,(H,16,18). The molecule has 2 rings (SSSR count). The second kappa shape index (κ2) is 6.10. The molecule has 0 aliphatic heterocycles. The number of thiophene rings is 1. The van der Waals surface area contributed by atoms with Crippen molar-refractivity contribution in [3.05, 3.63) is 29.5 Å². The molecule has 0 radical (unpaired) electrons. The first kappa shape index (κ1) is 14.6. The number of alkyl halides is 2. The van der Waals surface area contributed by atoms with Crippen LogP contribution in [-0.4, -0.2) is 29.9 Å². The molecule has 2 heterocycles. The van der Waals surface area contributed by atoms with E-state index in [2.05, 4.69) is 10.3 Å². The number of oxazole rings is 1. The molecule has 1 amide bonds. The number of hydrogen-bond donors (Lipinski definition) is 2. The van der Waals surface area contributed by atoms with E-state index in [4.69, 9.17) is 10.2 Å². The predicted molar refractivity (Wildman–Crippen MR) is 70.5 cm³/mol. The molecule has 0 spiro atoms. The van der Waals surface area contributed by atoms with E-state index < -0.39 is 24.9 Å². The first-order valence-electron chi connectivity index (χ1n) is 5.83. The minimum absolute atomic E-state index is 0.116. The van der Waals surface area contributed by atoms with Crippen molar-refractivity contribution in [1.29, 1.82) is 0 Å². The van der Waals surface area contributed by atoms with Crippen LogP contribution in [0.3, 0.4) is 0 Å². The largest absolute Gasteiger partial charge is 0.444 e. The first-order valence-corrected chi connectivity index (χ1v) is 6.71. The second-order valence-electron chi connectivity index (χ2n) is 4.13. The van der Waals surface area contributed by atoms with Gasteiger partial charge < -0.3 is 15.5 Å². The van der Waals surface area contributed by atoms with E-state index in [1.54, 1.807) is 0 Å². The lowest BCUT2D eigenvalue weighted by Gasteiger charge is -2.13. The van der Waals surface area contributed by atoms with Gasteiger partial charge in [0.15, 0.2) is 0 Å². The lowest BCUT2D eigenvalue weighted by Crippen LogP contribution is -2.42. The average Bonchev–Trinajstić information content (AvgIpc) is 3.07. The van der Waals surface area contributed by atoms with E-state index in [1.165, 1.54) is 17.6 Å². The quantitative estimate of drug-likeness (QED) is 0.850. The fraction of sp³-hybridized carbons (Fsp3) is 0.333. The molecule has 5 nitrogen and oxygen atoms in total. The normalized spacial score (nSPS) is 11.6. The Hall–Kier alpha value is -1.80. The predicted octanol–water partition coefficient (Wildman–Crippen LogP) is 1.66. The zero-order valence-electron chi connectivity index (χ0n) is 10.4. The van der Waals surface area contributed by atoms with Gasteiger partial charge in [0.1, 0.15) is 6.26 Å². The Bertz CT molecular complexity index is 569. The van der Waals surface area contributed by atoms with Gasteiger partial charge in [0.2, 0.25) is 11.8 Å². The van der Waals surface area contributed by atoms with Crippen molar-refractivity contribution < 1.29 is 18.0 Å². The number of nitrogens with two attached hydrogens (primary N) is 1. The van der Waals surface area contributed by atoms with Crippen LogP contribution in [0.2, 0.25) is 0 Å². The van der Waals surface area contributed by atoms with Gasteiger partial charge in [-0.15, -0.1) is 11.3 Å². The Morgan fingerprint density at radius 3 is 3.00 bits per heavy atom. The van der Waals surface area contributed by atoms with Gasteiger partial charge in [0.25, 0.3) is 5.92 Å². The monoisotopic (exact) mass is 301 g/mol. The van der Waals surface area contributed by atoms with Crippen LogP contribution in [0.5, 0.6) is 0 Å². The van der Waals surface area contributed by atoms with Crippen LogP contribution in [0, 0.1) is 0 Å². The highest BCUT2D eigenvalue weighted by atomic mass is 32.1. The number of aromatic nitrogens is 1. The molecule has 0 fully saturated rings. The van der Waals surface area contributed by atoms with E-state index in [0.717, 1.165) is 4.88 Å². The van der Waals surface area contributed by atoms with Crippen molar-refractivity contribution in [2.45, 2.75) is 12.3 Å². The van der Waals surface area contributed by atoms with Crippen LogP contribution in [0.25, 0.3) is 10.8 Å². The van der Waals surface area contributed by atoms with Gasteiger partial charge in [-0.1, -0.05) is 6.07 Å². The Morgan fingerprint density at radius 1 is 1.55 bits per heavy atom. The molecule has 8 heteroatoms. The van der Waals surface area contributed by atoms with E-state index in [-0.39, 0.29) is 6.42 Å². The number of amides is 1. The molecule has 0 aliphatic rings. The topological polar surface area (TPSA) is 81.1 Å². The summed E-state index contributed by atoms with van der Waals surface area (Å²) in [6, 6.07) is 3.69. The summed E-state index contributed by atoms with van der Waals surface area (Å²) in [7, 11) is 0. The highest BCUT2D eigenvalue weighted by Crippen LogP contribution is 2.23. The summed E-state index contributed by atoms with van der Waals surface area (Å²) in [4.78, 5) is 16.5. The van der Waals surface area contributed by atoms with Gasteiger partial charge in [-0.25, -0.2) is 13.8 Å². The van der Waals surface area contributed by atoms with Gasteiger partial charge >= 0.3 is 0 Å². The second-order valence-corrected chi connectivity index (χ2v) is 5.08. The Morgan fingerprint density at radius 2 is 2.35 bits per heavy atom. The van der Waals surface area contributed by atoms with E-state index in [1.807, 2.05) is 17.5 Å². The van der Waals surface area contributed by atoms with Crippen molar-refractivity contribution in [2.75, 3.05) is 13.1 Å². The zero-order valence-corrected chi connectivity index (χ0v) is 11.3. The highest BCUT2D eigenvalue weighted by molar-refractivity contribution is 7.13. The van der Waals surface area contributed by atoms with Gasteiger partial charge in [0.05, 0.1) is 30.1 Å². The summed E-state index contributed by atoms with van der Waals surface area (Å²) in [6.45, 7) is -1.59. The highest BCUT2D eigenvalue weighted by Gasteiger charge is 2.27. The van der Waals surface area contributed by atoms with E-state index >= 15 is 0 Å². The number of carbonyl (C=O) groups is 1. The summed E-state index contributed by atoms with van der Waals surface area (Å²) in [5, 5.41) is 3.99. The molecule has 0 saturated heterocycles. The molecule has 20 heavy (non-hydrogen) atoms. The van der Waals surface area contributed by atoms with E-state index in [0.29, 0.717) is 11.6 Å². The Kier molecular flexibility index (Phi) is 4.46. The first-order chi connectivity index (χ1) is 9.50. The summed E-state index contributed by atoms with van der Waals surface area (Å²) in [5.74, 6) is -3.24. The van der Waals surface area contributed by atoms with Crippen LogP contribution < -0.4 is 11.1 Å². The molecule has 108 valence electrons. The summed E-state index contributed by atoms with van der Waals surface area (Å²) < 4.78 is 31.0. The fourth-order valence-corrected chi connectivity index (χ4v) is 2.08. The molecule has 3 N–H and O–H groups in total. The number of halogens is 2.